The Balaban J connectivity index is 1.49. The number of hydrogen-bond donors (Lipinski definition) is 2. The highest BCUT2D eigenvalue weighted by Crippen LogP contribution is 2.18. The maximum Gasteiger partial charge on any atom is 0.265 e. The number of anilines is 1. The molecule has 1 aliphatic carbocycles. The van der Waals surface area contributed by atoms with Crippen molar-refractivity contribution in [3.63, 3.8) is 0 Å². The second-order valence-corrected chi connectivity index (χ2v) is 6.80. The Labute approximate surface area is 161 Å². The molecule has 150 valence electrons. The van der Waals surface area contributed by atoms with E-state index < -0.39 is 23.6 Å². The Morgan fingerprint density at radius 1 is 1.29 bits per heavy atom. The lowest BCUT2D eigenvalue weighted by molar-refractivity contribution is -0.123. The molecule has 7 nitrogen and oxygen atoms in total. The number of carbonyl (C=O) groups excluding carboxylic acids is 2. The Bertz CT molecular complexity index is 849. The standard InChI is InChI=1S/C19H22F2N4O3/c1-12(28-15-6-7-16(20)17(21)8-15)19(27)24-14-9-22-25(10-14)11-18(26)23-13-4-2-3-5-13/h6-10,12-13H,2-5,11H2,1H3,(H,23,26)(H,24,27). The smallest absolute Gasteiger partial charge is 0.265 e. The molecule has 1 heterocycles. The number of benzene rings is 1. The zero-order valence-corrected chi connectivity index (χ0v) is 15.5. The fourth-order valence-corrected chi connectivity index (χ4v) is 3.06. The zero-order valence-electron chi connectivity index (χ0n) is 15.5. The van der Waals surface area contributed by atoms with Crippen LogP contribution in [0.15, 0.2) is 30.6 Å². The number of ether oxygens (including phenoxy) is 1. The van der Waals surface area contributed by atoms with E-state index in [0.717, 1.165) is 37.8 Å². The number of halogens is 2. The van der Waals surface area contributed by atoms with E-state index in [4.69, 9.17) is 4.74 Å². The Hall–Kier alpha value is -2.97. The predicted octanol–water partition coefficient (Wildman–Crippen LogP) is 2.63. The maximum absolute atomic E-state index is 13.2. The minimum Gasteiger partial charge on any atom is -0.481 e. The van der Waals surface area contributed by atoms with Gasteiger partial charge in [-0.05, 0) is 31.9 Å². The Morgan fingerprint density at radius 2 is 2.04 bits per heavy atom. The third kappa shape index (κ3) is 5.28. The first-order valence-electron chi connectivity index (χ1n) is 9.15. The summed E-state index contributed by atoms with van der Waals surface area (Å²) in [4.78, 5) is 24.2. The van der Waals surface area contributed by atoms with Gasteiger partial charge in [-0.25, -0.2) is 8.78 Å². The van der Waals surface area contributed by atoms with E-state index in [0.29, 0.717) is 5.69 Å². The molecule has 1 unspecified atom stereocenters. The summed E-state index contributed by atoms with van der Waals surface area (Å²) in [5.74, 6) is -2.61. The summed E-state index contributed by atoms with van der Waals surface area (Å²) in [5.41, 5.74) is 0.402. The first-order chi connectivity index (χ1) is 13.4. The predicted molar refractivity (Wildman–Crippen MR) is 97.7 cm³/mol. The van der Waals surface area contributed by atoms with E-state index in [2.05, 4.69) is 15.7 Å². The van der Waals surface area contributed by atoms with Gasteiger partial charge in [0.2, 0.25) is 5.91 Å². The molecule has 0 spiro atoms. The van der Waals surface area contributed by atoms with Gasteiger partial charge in [-0.1, -0.05) is 12.8 Å². The molecule has 1 fully saturated rings. The van der Waals surface area contributed by atoms with Crippen LogP contribution >= 0.6 is 0 Å². The highest BCUT2D eigenvalue weighted by molar-refractivity contribution is 5.93. The van der Waals surface area contributed by atoms with E-state index in [9.17, 15) is 18.4 Å². The van der Waals surface area contributed by atoms with Gasteiger partial charge >= 0.3 is 0 Å². The van der Waals surface area contributed by atoms with Gasteiger partial charge in [0.1, 0.15) is 12.3 Å². The molecular formula is C19H22F2N4O3. The van der Waals surface area contributed by atoms with Crippen molar-refractivity contribution in [2.75, 3.05) is 5.32 Å². The molecule has 28 heavy (non-hydrogen) atoms. The summed E-state index contributed by atoms with van der Waals surface area (Å²) < 4.78 is 32.9. The fraction of sp³-hybridized carbons (Fsp3) is 0.421. The van der Waals surface area contributed by atoms with Crippen molar-refractivity contribution in [3.05, 3.63) is 42.2 Å². The van der Waals surface area contributed by atoms with Crippen LogP contribution in [0.1, 0.15) is 32.6 Å². The first kappa shape index (κ1) is 19.8. The van der Waals surface area contributed by atoms with Crippen molar-refractivity contribution in [1.82, 2.24) is 15.1 Å². The van der Waals surface area contributed by atoms with Gasteiger partial charge in [-0.2, -0.15) is 5.10 Å². The Kier molecular flexibility index (Phi) is 6.23. The van der Waals surface area contributed by atoms with Gasteiger partial charge in [0.15, 0.2) is 17.7 Å². The van der Waals surface area contributed by atoms with Gasteiger partial charge in [0.05, 0.1) is 11.9 Å². The van der Waals surface area contributed by atoms with Crippen molar-refractivity contribution < 1.29 is 23.1 Å². The van der Waals surface area contributed by atoms with Crippen LogP contribution in [0.2, 0.25) is 0 Å². The number of nitrogens with zero attached hydrogens (tertiary/aromatic N) is 2. The molecule has 1 aromatic heterocycles. The average Bonchev–Trinajstić information content (AvgIpc) is 3.30. The second-order valence-electron chi connectivity index (χ2n) is 6.80. The summed E-state index contributed by atoms with van der Waals surface area (Å²) in [6, 6.07) is 3.27. The molecule has 1 atom stereocenters. The van der Waals surface area contributed by atoms with E-state index in [-0.39, 0.29) is 24.2 Å². The first-order valence-corrected chi connectivity index (χ1v) is 9.15. The highest BCUT2D eigenvalue weighted by Gasteiger charge is 2.19. The van der Waals surface area contributed by atoms with Gasteiger partial charge in [0, 0.05) is 18.3 Å². The van der Waals surface area contributed by atoms with Crippen LogP contribution in [0.3, 0.4) is 0 Å². The minimum absolute atomic E-state index is 0.0424. The van der Waals surface area contributed by atoms with Crippen LogP contribution in [0.4, 0.5) is 14.5 Å². The molecule has 2 aromatic rings. The number of hydrogen-bond acceptors (Lipinski definition) is 4. The summed E-state index contributed by atoms with van der Waals surface area (Å²) >= 11 is 0. The molecule has 3 rings (SSSR count). The molecule has 0 bridgehead atoms. The molecule has 1 saturated carbocycles. The molecule has 0 radical (unpaired) electrons. The summed E-state index contributed by atoms with van der Waals surface area (Å²) in [5, 5.41) is 9.63. The summed E-state index contributed by atoms with van der Waals surface area (Å²) in [6.45, 7) is 1.54. The lowest BCUT2D eigenvalue weighted by atomic mass is 10.2. The molecule has 2 N–H and O–H groups in total. The average molecular weight is 392 g/mol. The molecule has 1 aliphatic rings. The maximum atomic E-state index is 13.2. The lowest BCUT2D eigenvalue weighted by Crippen LogP contribution is -2.35. The molecule has 0 aliphatic heterocycles. The van der Waals surface area contributed by atoms with Crippen LogP contribution in [-0.2, 0) is 16.1 Å². The van der Waals surface area contributed by atoms with Crippen LogP contribution in [-0.4, -0.2) is 33.7 Å². The number of carbonyl (C=O) groups is 2. The van der Waals surface area contributed by atoms with Gasteiger partial charge < -0.3 is 15.4 Å². The quantitative estimate of drug-likeness (QED) is 0.759. The van der Waals surface area contributed by atoms with E-state index in [1.165, 1.54) is 30.1 Å². The fourth-order valence-electron chi connectivity index (χ4n) is 3.06. The van der Waals surface area contributed by atoms with Gasteiger partial charge in [-0.15, -0.1) is 0 Å². The SMILES string of the molecule is CC(Oc1ccc(F)c(F)c1)C(=O)Nc1cnn(CC(=O)NC2CCCC2)c1. The third-order valence-electron chi connectivity index (χ3n) is 4.50. The third-order valence-corrected chi connectivity index (χ3v) is 4.50. The highest BCUT2D eigenvalue weighted by atomic mass is 19.2. The minimum atomic E-state index is -1.05. The van der Waals surface area contributed by atoms with Crippen LogP contribution in [0, 0.1) is 11.6 Å². The monoisotopic (exact) mass is 392 g/mol. The molecule has 0 saturated heterocycles. The van der Waals surface area contributed by atoms with Gasteiger partial charge in [-0.3, -0.25) is 14.3 Å². The number of aromatic nitrogens is 2. The zero-order chi connectivity index (χ0) is 20.1. The number of amides is 2. The summed E-state index contributed by atoms with van der Waals surface area (Å²) in [7, 11) is 0. The van der Waals surface area contributed by atoms with Gasteiger partial charge in [0.25, 0.3) is 5.91 Å². The molecule has 2 amide bonds. The largest absolute Gasteiger partial charge is 0.481 e. The second kappa shape index (κ2) is 8.81. The van der Waals surface area contributed by atoms with Crippen molar-refractivity contribution in [3.8, 4) is 5.75 Å². The lowest BCUT2D eigenvalue weighted by Gasteiger charge is -2.14. The molecular weight excluding hydrogens is 370 g/mol. The van der Waals surface area contributed by atoms with Crippen LogP contribution in [0.5, 0.6) is 5.75 Å². The molecule has 9 heteroatoms. The Morgan fingerprint density at radius 3 is 2.75 bits per heavy atom. The van der Waals surface area contributed by atoms with E-state index in [1.807, 2.05) is 0 Å². The topological polar surface area (TPSA) is 85.2 Å². The van der Waals surface area contributed by atoms with Crippen molar-refractivity contribution in [2.24, 2.45) is 0 Å². The molecule has 1 aromatic carbocycles. The van der Waals surface area contributed by atoms with E-state index >= 15 is 0 Å². The van der Waals surface area contributed by atoms with Crippen LogP contribution in [0.25, 0.3) is 0 Å². The summed E-state index contributed by atoms with van der Waals surface area (Å²) in [6.07, 6.45) is 6.28. The van der Waals surface area contributed by atoms with Crippen LogP contribution < -0.4 is 15.4 Å². The number of nitrogens with one attached hydrogen (secondary N) is 2. The van der Waals surface area contributed by atoms with E-state index in [1.54, 1.807) is 0 Å². The van der Waals surface area contributed by atoms with Crippen molar-refractivity contribution in [2.45, 2.75) is 51.3 Å². The normalized spacial score (nSPS) is 15.2. The van der Waals surface area contributed by atoms with Crippen molar-refractivity contribution >= 4 is 17.5 Å². The van der Waals surface area contributed by atoms with Crippen molar-refractivity contribution in [1.29, 1.82) is 0 Å². The number of rotatable bonds is 7.